The molecule has 20 heavy (non-hydrogen) atoms. The van der Waals surface area contributed by atoms with Crippen molar-refractivity contribution in [3.05, 3.63) is 34.6 Å². The van der Waals surface area contributed by atoms with Crippen LogP contribution < -0.4 is 0 Å². The molecule has 1 aliphatic heterocycles. The average molecular weight is 301 g/mol. The van der Waals surface area contributed by atoms with Crippen LogP contribution in [0.4, 0.5) is 4.39 Å². The zero-order chi connectivity index (χ0) is 14.2. The maximum atomic E-state index is 13.9. The highest BCUT2D eigenvalue weighted by atomic mass is 35.5. The highest BCUT2D eigenvalue weighted by molar-refractivity contribution is 6.30. The second kappa shape index (κ2) is 5.26. The van der Waals surface area contributed by atoms with E-state index in [0.29, 0.717) is 44.5 Å². The van der Waals surface area contributed by atoms with E-state index in [1.165, 1.54) is 6.07 Å². The molecule has 1 aliphatic carbocycles. The summed E-state index contributed by atoms with van der Waals surface area (Å²) in [7, 11) is 0. The second-order valence-electron chi connectivity index (χ2n) is 5.72. The summed E-state index contributed by atoms with van der Waals surface area (Å²) in [4.78, 5) is 0. The van der Waals surface area contributed by atoms with E-state index in [9.17, 15) is 9.50 Å². The molecule has 1 saturated carbocycles. The van der Waals surface area contributed by atoms with Crippen LogP contribution in [0.2, 0.25) is 5.02 Å². The summed E-state index contributed by atoms with van der Waals surface area (Å²) in [5.74, 6) is -0.949. The van der Waals surface area contributed by atoms with E-state index < -0.39 is 17.2 Å². The Hall–Kier alpha value is -0.680. The van der Waals surface area contributed by atoms with Crippen LogP contribution in [-0.4, -0.2) is 29.7 Å². The van der Waals surface area contributed by atoms with Gasteiger partial charge in [0.2, 0.25) is 0 Å². The molecule has 0 atom stereocenters. The molecule has 5 heteroatoms. The predicted molar refractivity (Wildman–Crippen MR) is 73.2 cm³/mol. The van der Waals surface area contributed by atoms with Gasteiger partial charge in [-0.15, -0.1) is 0 Å². The molecule has 1 aromatic carbocycles. The van der Waals surface area contributed by atoms with Gasteiger partial charge in [-0.25, -0.2) is 4.39 Å². The molecule has 3 nitrogen and oxygen atoms in total. The molecule has 0 bridgehead atoms. The van der Waals surface area contributed by atoms with E-state index in [2.05, 4.69) is 0 Å². The van der Waals surface area contributed by atoms with Crippen molar-refractivity contribution in [1.29, 1.82) is 0 Å². The molecule has 0 aromatic heterocycles. The number of hydrogen-bond acceptors (Lipinski definition) is 3. The molecule has 2 fully saturated rings. The molecule has 1 N–H and O–H groups in total. The number of ether oxygens (including phenoxy) is 2. The Kier molecular flexibility index (Phi) is 3.75. The Bertz CT molecular complexity index is 490. The summed E-state index contributed by atoms with van der Waals surface area (Å²) < 4.78 is 25.2. The topological polar surface area (TPSA) is 38.7 Å². The van der Waals surface area contributed by atoms with Crippen LogP contribution in [0.15, 0.2) is 18.2 Å². The molecule has 0 amide bonds. The summed E-state index contributed by atoms with van der Waals surface area (Å²) in [6, 6.07) is 4.89. The minimum atomic E-state index is -0.911. The third kappa shape index (κ3) is 2.70. The lowest BCUT2D eigenvalue weighted by Gasteiger charge is -2.40. The average Bonchev–Trinajstić information content (AvgIpc) is 2.88. The number of hydrogen-bond donors (Lipinski definition) is 1. The van der Waals surface area contributed by atoms with Gasteiger partial charge in [0.05, 0.1) is 23.8 Å². The van der Waals surface area contributed by atoms with Crippen molar-refractivity contribution in [1.82, 2.24) is 0 Å². The normalized spacial score (nSPS) is 24.1. The quantitative estimate of drug-likeness (QED) is 0.912. The first-order chi connectivity index (χ1) is 9.52. The molecule has 3 rings (SSSR count). The lowest BCUT2D eigenvalue weighted by atomic mass is 9.78. The Morgan fingerprint density at radius 2 is 1.80 bits per heavy atom. The highest BCUT2D eigenvalue weighted by Gasteiger charge is 2.45. The molecule has 1 aromatic rings. The SMILES string of the molecule is OC1(Cc2cccc(Cl)c2F)CCC2(CC1)OCCO2. The van der Waals surface area contributed by atoms with Crippen LogP contribution >= 0.6 is 11.6 Å². The first-order valence-corrected chi connectivity index (χ1v) is 7.33. The van der Waals surface area contributed by atoms with Crippen LogP contribution in [0.25, 0.3) is 0 Å². The standard InChI is InChI=1S/C15H18ClFO3/c16-12-3-1-2-11(13(12)17)10-14(18)4-6-15(7-5-14)19-8-9-20-15/h1-3,18H,4-10H2. The van der Waals surface area contributed by atoms with Gasteiger partial charge in [0.15, 0.2) is 5.79 Å². The smallest absolute Gasteiger partial charge is 0.168 e. The van der Waals surface area contributed by atoms with Gasteiger partial charge in [-0.3, -0.25) is 0 Å². The highest BCUT2D eigenvalue weighted by Crippen LogP contribution is 2.41. The summed E-state index contributed by atoms with van der Waals surface area (Å²) in [6.45, 7) is 1.22. The van der Waals surface area contributed by atoms with Crippen molar-refractivity contribution in [2.24, 2.45) is 0 Å². The van der Waals surface area contributed by atoms with Crippen molar-refractivity contribution in [2.75, 3.05) is 13.2 Å². The van der Waals surface area contributed by atoms with Gasteiger partial charge < -0.3 is 14.6 Å². The van der Waals surface area contributed by atoms with Gasteiger partial charge >= 0.3 is 0 Å². The van der Waals surface area contributed by atoms with Crippen LogP contribution in [0.3, 0.4) is 0 Å². The lowest BCUT2D eigenvalue weighted by Crippen LogP contribution is -2.44. The largest absolute Gasteiger partial charge is 0.390 e. The Balaban J connectivity index is 1.70. The van der Waals surface area contributed by atoms with Crippen LogP contribution in [0.5, 0.6) is 0 Å². The molecule has 2 aliphatic rings. The van der Waals surface area contributed by atoms with Crippen LogP contribution in [0.1, 0.15) is 31.2 Å². The summed E-state index contributed by atoms with van der Waals surface area (Å²) in [6.07, 6.45) is 2.64. The van der Waals surface area contributed by atoms with E-state index in [1.54, 1.807) is 12.1 Å². The molecule has 1 spiro atoms. The zero-order valence-corrected chi connectivity index (χ0v) is 12.0. The van der Waals surface area contributed by atoms with Gasteiger partial charge in [0, 0.05) is 19.3 Å². The van der Waals surface area contributed by atoms with Gasteiger partial charge in [-0.1, -0.05) is 23.7 Å². The molecular weight excluding hydrogens is 283 g/mol. The van der Waals surface area contributed by atoms with Crippen molar-refractivity contribution in [3.63, 3.8) is 0 Å². The Morgan fingerprint density at radius 1 is 1.15 bits per heavy atom. The summed E-state index contributed by atoms with van der Waals surface area (Å²) in [5, 5.41) is 10.8. The number of halogens is 2. The first kappa shape index (κ1) is 14.3. The maximum Gasteiger partial charge on any atom is 0.168 e. The lowest BCUT2D eigenvalue weighted by molar-refractivity contribution is -0.202. The molecule has 110 valence electrons. The van der Waals surface area contributed by atoms with Crippen molar-refractivity contribution in [2.45, 2.75) is 43.5 Å². The molecule has 1 heterocycles. The van der Waals surface area contributed by atoms with E-state index in [-0.39, 0.29) is 11.4 Å². The fourth-order valence-electron chi connectivity index (χ4n) is 3.10. The van der Waals surface area contributed by atoms with E-state index in [0.717, 1.165) is 0 Å². The third-order valence-electron chi connectivity index (χ3n) is 4.31. The van der Waals surface area contributed by atoms with E-state index >= 15 is 0 Å². The molecular formula is C15H18ClFO3. The minimum Gasteiger partial charge on any atom is -0.390 e. The fourth-order valence-corrected chi connectivity index (χ4v) is 3.29. The zero-order valence-electron chi connectivity index (χ0n) is 11.2. The van der Waals surface area contributed by atoms with Gasteiger partial charge in [-0.05, 0) is 24.5 Å². The Morgan fingerprint density at radius 3 is 2.45 bits per heavy atom. The maximum absolute atomic E-state index is 13.9. The number of aliphatic hydroxyl groups is 1. The van der Waals surface area contributed by atoms with E-state index in [4.69, 9.17) is 21.1 Å². The first-order valence-electron chi connectivity index (χ1n) is 6.95. The number of rotatable bonds is 2. The van der Waals surface area contributed by atoms with Crippen LogP contribution in [-0.2, 0) is 15.9 Å². The second-order valence-corrected chi connectivity index (χ2v) is 6.13. The minimum absolute atomic E-state index is 0.0980. The van der Waals surface area contributed by atoms with Gasteiger partial charge in [0.1, 0.15) is 5.82 Å². The molecule has 0 radical (unpaired) electrons. The Labute approximate surface area is 122 Å². The number of benzene rings is 1. The van der Waals surface area contributed by atoms with Gasteiger partial charge in [-0.2, -0.15) is 0 Å². The van der Waals surface area contributed by atoms with Crippen LogP contribution in [0, 0.1) is 5.82 Å². The summed E-state index contributed by atoms with van der Waals surface area (Å²) in [5.41, 5.74) is -0.448. The fraction of sp³-hybridized carbons (Fsp3) is 0.600. The van der Waals surface area contributed by atoms with Crippen molar-refractivity contribution in [3.8, 4) is 0 Å². The molecule has 0 unspecified atom stereocenters. The molecule has 1 saturated heterocycles. The van der Waals surface area contributed by atoms with Gasteiger partial charge in [0.25, 0.3) is 0 Å². The van der Waals surface area contributed by atoms with Crippen molar-refractivity contribution >= 4 is 11.6 Å². The van der Waals surface area contributed by atoms with Crippen molar-refractivity contribution < 1.29 is 19.0 Å². The monoisotopic (exact) mass is 300 g/mol. The summed E-state index contributed by atoms with van der Waals surface area (Å²) >= 11 is 5.78. The predicted octanol–water partition coefficient (Wildman–Crippen LogP) is 3.07. The third-order valence-corrected chi connectivity index (χ3v) is 4.60. The van der Waals surface area contributed by atoms with E-state index in [1.807, 2.05) is 0 Å².